The molecular formula is C18H30O4S. The van der Waals surface area contributed by atoms with E-state index in [9.17, 15) is 13.5 Å². The lowest BCUT2D eigenvalue weighted by atomic mass is 9.53. The van der Waals surface area contributed by atoms with E-state index in [1.54, 1.807) is 0 Å². The molecule has 0 aliphatic heterocycles. The van der Waals surface area contributed by atoms with Crippen LogP contribution in [0, 0.1) is 5.41 Å². The largest absolute Gasteiger partial charge is 0.387 e. The molecule has 0 unspecified atom stereocenters. The van der Waals surface area contributed by atoms with E-state index in [4.69, 9.17) is 4.18 Å². The van der Waals surface area contributed by atoms with Gasteiger partial charge in [-0.25, -0.2) is 0 Å². The van der Waals surface area contributed by atoms with E-state index in [0.717, 1.165) is 38.4 Å². The molecule has 2 aliphatic rings. The number of fused-ring (bicyclic) bond motifs is 1. The van der Waals surface area contributed by atoms with Crippen LogP contribution in [0.25, 0.3) is 0 Å². The normalized spacial score (nSPS) is 41.2. The average molecular weight is 343 g/mol. The van der Waals surface area contributed by atoms with Crippen molar-refractivity contribution in [3.05, 3.63) is 23.3 Å². The van der Waals surface area contributed by atoms with Gasteiger partial charge < -0.3 is 5.11 Å². The summed E-state index contributed by atoms with van der Waals surface area (Å²) in [5, 5.41) is 11.2. The monoisotopic (exact) mass is 342 g/mol. The average Bonchev–Trinajstić information content (AvgIpc) is 2.45. The summed E-state index contributed by atoms with van der Waals surface area (Å²) >= 11 is 0. The minimum Gasteiger partial charge on any atom is -0.387 e. The molecule has 0 heterocycles. The minimum atomic E-state index is -3.60. The van der Waals surface area contributed by atoms with E-state index in [-0.39, 0.29) is 5.41 Å². The van der Waals surface area contributed by atoms with Gasteiger partial charge in [-0.3, -0.25) is 4.18 Å². The summed E-state index contributed by atoms with van der Waals surface area (Å²) in [7, 11) is -3.60. The van der Waals surface area contributed by atoms with Crippen LogP contribution in [0.4, 0.5) is 0 Å². The first-order chi connectivity index (χ1) is 10.6. The van der Waals surface area contributed by atoms with E-state index in [1.165, 1.54) is 11.1 Å². The highest BCUT2D eigenvalue weighted by Gasteiger charge is 2.59. The van der Waals surface area contributed by atoms with Crippen molar-refractivity contribution in [3.8, 4) is 0 Å². The molecule has 0 amide bonds. The third kappa shape index (κ3) is 4.25. The zero-order chi connectivity index (χ0) is 17.3. The van der Waals surface area contributed by atoms with Crippen molar-refractivity contribution in [1.82, 2.24) is 0 Å². The van der Waals surface area contributed by atoms with E-state index in [1.807, 2.05) is 6.92 Å². The minimum absolute atomic E-state index is 0.319. The number of allylic oxidation sites excluding steroid dienone is 4. The Kier molecular flexibility index (Phi) is 5.44. The van der Waals surface area contributed by atoms with Crippen molar-refractivity contribution >= 4 is 10.1 Å². The lowest BCUT2D eigenvalue weighted by Gasteiger charge is -2.57. The summed E-state index contributed by atoms with van der Waals surface area (Å²) in [4.78, 5) is 0. The highest BCUT2D eigenvalue weighted by atomic mass is 32.2. The Morgan fingerprint density at radius 1 is 1.17 bits per heavy atom. The molecule has 0 aromatic rings. The fourth-order valence-electron chi connectivity index (χ4n) is 3.72. The third-order valence-corrected chi connectivity index (χ3v) is 6.24. The fourth-order valence-corrected chi connectivity index (χ4v) is 4.40. The molecule has 0 spiro atoms. The first kappa shape index (κ1) is 18.7. The van der Waals surface area contributed by atoms with Crippen LogP contribution in [-0.2, 0) is 14.3 Å². The van der Waals surface area contributed by atoms with Gasteiger partial charge in [-0.1, -0.05) is 30.2 Å². The maximum absolute atomic E-state index is 11.7. The van der Waals surface area contributed by atoms with Crippen LogP contribution in [0.2, 0.25) is 0 Å². The first-order valence-corrected chi connectivity index (χ1v) is 10.3. The molecule has 23 heavy (non-hydrogen) atoms. The van der Waals surface area contributed by atoms with E-state index < -0.39 is 21.8 Å². The topological polar surface area (TPSA) is 63.6 Å². The Morgan fingerprint density at radius 2 is 1.83 bits per heavy atom. The maximum Gasteiger partial charge on any atom is 0.264 e. The highest BCUT2D eigenvalue weighted by molar-refractivity contribution is 7.86. The van der Waals surface area contributed by atoms with Crippen molar-refractivity contribution in [2.45, 2.75) is 77.4 Å². The second kappa shape index (κ2) is 6.69. The second-order valence-electron chi connectivity index (χ2n) is 7.66. The SMILES string of the molecule is C/C1=C\C[C@]2(C)CC[C@]2(O)[C@H](OS(C)(=O)=O)CC/C(C)=C/CC1. The Labute approximate surface area is 140 Å². The summed E-state index contributed by atoms with van der Waals surface area (Å²) in [6.07, 6.45) is 10.4. The molecule has 5 heteroatoms. The van der Waals surface area contributed by atoms with Crippen LogP contribution >= 0.6 is 0 Å². The molecule has 1 fully saturated rings. The quantitative estimate of drug-likeness (QED) is 0.613. The number of hydrogen-bond acceptors (Lipinski definition) is 4. The standard InChI is InChI=1S/C18H30O4S/c1-14-6-5-7-15(2)10-11-17(3)12-13-18(17,19)16(9-8-14)22-23(4,20)21/h6,10,16,19H,5,7-9,11-13H2,1-4H3/b14-6+,15-10+/t16-,17-,18+/m1/s1. The Morgan fingerprint density at radius 3 is 2.39 bits per heavy atom. The summed E-state index contributed by atoms with van der Waals surface area (Å²) in [6, 6.07) is 0. The fraction of sp³-hybridized carbons (Fsp3) is 0.778. The number of hydrogen-bond donors (Lipinski definition) is 1. The molecule has 132 valence electrons. The van der Waals surface area contributed by atoms with Gasteiger partial charge in [0.05, 0.1) is 11.9 Å². The van der Waals surface area contributed by atoms with Crippen molar-refractivity contribution in [3.63, 3.8) is 0 Å². The van der Waals surface area contributed by atoms with Crippen LogP contribution < -0.4 is 0 Å². The maximum atomic E-state index is 11.7. The first-order valence-electron chi connectivity index (χ1n) is 8.48. The van der Waals surface area contributed by atoms with Crippen LogP contribution in [0.15, 0.2) is 23.3 Å². The molecule has 4 nitrogen and oxygen atoms in total. The van der Waals surface area contributed by atoms with Crippen LogP contribution in [0.1, 0.15) is 65.7 Å². The molecule has 2 aliphatic carbocycles. The second-order valence-corrected chi connectivity index (χ2v) is 9.26. The molecule has 1 saturated carbocycles. The predicted octanol–water partition coefficient (Wildman–Crippen LogP) is 3.72. The van der Waals surface area contributed by atoms with Gasteiger partial charge in [-0.15, -0.1) is 0 Å². The molecule has 2 rings (SSSR count). The zero-order valence-corrected chi connectivity index (χ0v) is 15.6. The summed E-state index contributed by atoms with van der Waals surface area (Å²) in [5.74, 6) is 0. The number of aliphatic hydroxyl groups is 1. The molecule has 0 radical (unpaired) electrons. The summed E-state index contributed by atoms with van der Waals surface area (Å²) < 4.78 is 28.7. The Balaban J connectivity index is 2.33. The smallest absolute Gasteiger partial charge is 0.264 e. The van der Waals surface area contributed by atoms with Gasteiger partial charge in [0.2, 0.25) is 0 Å². The lowest BCUT2D eigenvalue weighted by molar-refractivity contribution is -0.209. The van der Waals surface area contributed by atoms with Crippen LogP contribution in [0.5, 0.6) is 0 Å². The van der Waals surface area contributed by atoms with Gasteiger partial charge in [0.1, 0.15) is 6.10 Å². The summed E-state index contributed by atoms with van der Waals surface area (Å²) in [6.45, 7) is 6.24. The van der Waals surface area contributed by atoms with E-state index in [0.29, 0.717) is 12.8 Å². The van der Waals surface area contributed by atoms with Gasteiger partial charge in [-0.05, 0) is 58.8 Å². The van der Waals surface area contributed by atoms with Gasteiger partial charge in [0.25, 0.3) is 10.1 Å². The van der Waals surface area contributed by atoms with Gasteiger partial charge in [0, 0.05) is 5.41 Å². The van der Waals surface area contributed by atoms with Crippen LogP contribution in [0.3, 0.4) is 0 Å². The lowest BCUT2D eigenvalue weighted by Crippen LogP contribution is -2.63. The molecule has 1 N–H and O–H groups in total. The van der Waals surface area contributed by atoms with Crippen molar-refractivity contribution in [2.75, 3.05) is 6.26 Å². The Hall–Kier alpha value is -0.650. The van der Waals surface area contributed by atoms with Gasteiger partial charge in [0.15, 0.2) is 0 Å². The third-order valence-electron chi connectivity index (χ3n) is 5.66. The van der Waals surface area contributed by atoms with Crippen molar-refractivity contribution in [2.24, 2.45) is 5.41 Å². The van der Waals surface area contributed by atoms with E-state index in [2.05, 4.69) is 26.0 Å². The van der Waals surface area contributed by atoms with Crippen molar-refractivity contribution in [1.29, 1.82) is 0 Å². The molecular weight excluding hydrogens is 312 g/mol. The molecule has 0 aromatic heterocycles. The predicted molar refractivity (Wildman–Crippen MR) is 92.6 cm³/mol. The highest BCUT2D eigenvalue weighted by Crippen LogP contribution is 2.56. The van der Waals surface area contributed by atoms with Crippen LogP contribution in [-0.4, -0.2) is 31.5 Å². The molecule has 3 atom stereocenters. The zero-order valence-electron chi connectivity index (χ0n) is 14.8. The molecule has 0 bridgehead atoms. The number of rotatable bonds is 2. The van der Waals surface area contributed by atoms with Crippen molar-refractivity contribution < 1.29 is 17.7 Å². The molecule has 0 aromatic carbocycles. The van der Waals surface area contributed by atoms with Gasteiger partial charge >= 0.3 is 0 Å². The Bertz CT molecular complexity index is 605. The molecule has 0 saturated heterocycles. The summed E-state index contributed by atoms with van der Waals surface area (Å²) in [5.41, 5.74) is 1.16. The van der Waals surface area contributed by atoms with Gasteiger partial charge in [-0.2, -0.15) is 8.42 Å². The van der Waals surface area contributed by atoms with E-state index >= 15 is 0 Å².